The maximum absolute atomic E-state index is 11.0. The van der Waals surface area contributed by atoms with Gasteiger partial charge in [0, 0.05) is 5.41 Å². The Bertz CT molecular complexity index is 416. The summed E-state index contributed by atoms with van der Waals surface area (Å²) in [6, 6.07) is 13.2. The number of hydrogen-bond acceptors (Lipinski definition) is 1. The second-order valence-corrected chi connectivity index (χ2v) is 8.63. The van der Waals surface area contributed by atoms with Gasteiger partial charge in [-0.2, -0.15) is 0 Å². The van der Waals surface area contributed by atoms with Crippen molar-refractivity contribution in [2.75, 3.05) is 0 Å². The van der Waals surface area contributed by atoms with Crippen LogP contribution in [0.25, 0.3) is 0 Å². The number of carbonyl (C=O) groups is 1. The third-order valence-corrected chi connectivity index (χ3v) is 6.80. The Morgan fingerprint density at radius 1 is 1.21 bits per heavy atom. The first-order valence-corrected chi connectivity index (χ1v) is 9.79. The van der Waals surface area contributed by atoms with Gasteiger partial charge in [-0.25, -0.2) is 0 Å². The highest BCUT2D eigenvalue weighted by molar-refractivity contribution is 6.84. The van der Waals surface area contributed by atoms with E-state index in [1.54, 1.807) is 0 Å². The van der Waals surface area contributed by atoms with E-state index in [1.165, 1.54) is 17.9 Å². The molecule has 0 amide bonds. The van der Waals surface area contributed by atoms with Crippen molar-refractivity contribution in [3.63, 3.8) is 0 Å². The predicted octanol–water partition coefficient (Wildman–Crippen LogP) is 4.07. The summed E-state index contributed by atoms with van der Waals surface area (Å²) in [5, 5.41) is 0. The summed E-state index contributed by atoms with van der Waals surface area (Å²) in [6.45, 7) is 2.22. The molecule has 0 saturated carbocycles. The highest BCUT2D eigenvalue weighted by atomic mass is 28.3. The number of allylic oxidation sites excluding steroid dienone is 2. The van der Waals surface area contributed by atoms with Gasteiger partial charge in [0.25, 0.3) is 0 Å². The minimum absolute atomic E-state index is 0.197. The van der Waals surface area contributed by atoms with E-state index in [0.29, 0.717) is 0 Å². The van der Waals surface area contributed by atoms with Crippen LogP contribution >= 0.6 is 0 Å². The second kappa shape index (κ2) is 6.85. The minimum Gasteiger partial charge on any atom is -0.309 e. The topological polar surface area (TPSA) is 17.1 Å². The molecule has 19 heavy (non-hydrogen) atoms. The Morgan fingerprint density at radius 3 is 2.47 bits per heavy atom. The van der Waals surface area contributed by atoms with E-state index < -0.39 is 8.80 Å². The van der Waals surface area contributed by atoms with Crippen LogP contribution in [0.4, 0.5) is 0 Å². The fourth-order valence-electron chi connectivity index (χ4n) is 3.09. The second-order valence-electron chi connectivity index (χ2n) is 5.69. The molecule has 0 unspecified atom stereocenters. The molecule has 102 valence electrons. The molecule has 1 heterocycles. The molecule has 1 aliphatic heterocycles. The summed E-state index contributed by atoms with van der Waals surface area (Å²) >= 11 is 0. The summed E-state index contributed by atoms with van der Waals surface area (Å²) in [6.07, 6.45) is 9.45. The van der Waals surface area contributed by atoms with Crippen molar-refractivity contribution >= 4 is 14.7 Å². The van der Waals surface area contributed by atoms with Crippen molar-refractivity contribution in [1.29, 1.82) is 0 Å². The van der Waals surface area contributed by atoms with Gasteiger partial charge in [-0.15, -0.1) is 0 Å². The first-order chi connectivity index (χ1) is 9.30. The lowest BCUT2D eigenvalue weighted by Gasteiger charge is -2.37. The molecule has 0 N–H and O–H groups in total. The Labute approximate surface area is 118 Å². The van der Waals surface area contributed by atoms with Gasteiger partial charge in [-0.3, -0.25) is 0 Å². The van der Waals surface area contributed by atoms with E-state index in [-0.39, 0.29) is 5.41 Å². The summed E-state index contributed by atoms with van der Waals surface area (Å²) in [5.41, 5.74) is 1.63. The number of carbonyl (C=O) groups excluding carboxylic acids is 1. The van der Waals surface area contributed by atoms with Gasteiger partial charge < -0.3 is 4.79 Å². The van der Waals surface area contributed by atoms with Crippen molar-refractivity contribution in [2.24, 2.45) is 0 Å². The Hall–Kier alpha value is -1.15. The van der Waals surface area contributed by atoms with Crippen molar-refractivity contribution in [3.8, 4) is 0 Å². The van der Waals surface area contributed by atoms with Crippen LogP contribution in [-0.2, 0) is 10.2 Å². The van der Waals surface area contributed by atoms with Crippen LogP contribution in [-0.4, -0.2) is 14.7 Å². The SMILES string of the molecule is CCCC=CC1(c2ccccc2)CC[SiH](C=O)CC1. The largest absolute Gasteiger partial charge is 0.309 e. The van der Waals surface area contributed by atoms with Crippen LogP contribution in [0.1, 0.15) is 38.2 Å². The average molecular weight is 272 g/mol. The number of hydrogen-bond donors (Lipinski definition) is 0. The third kappa shape index (κ3) is 3.44. The quantitative estimate of drug-likeness (QED) is 0.448. The van der Waals surface area contributed by atoms with E-state index >= 15 is 0 Å². The standard InChI is InChI=1S/C17H24OSi/c1-2-3-7-10-17(16-8-5-4-6-9-16)11-13-19(15-18)14-12-17/h4-10,15,19H,2-3,11-14H2,1H3. The zero-order chi connectivity index (χ0) is 13.6. The first kappa shape index (κ1) is 14.3. The zero-order valence-corrected chi connectivity index (χ0v) is 13.0. The maximum atomic E-state index is 11.0. The monoisotopic (exact) mass is 272 g/mol. The van der Waals surface area contributed by atoms with Crippen molar-refractivity contribution in [2.45, 2.75) is 50.1 Å². The fourth-order valence-corrected chi connectivity index (χ4v) is 5.42. The maximum Gasteiger partial charge on any atom is 0.113 e. The summed E-state index contributed by atoms with van der Waals surface area (Å²) < 4.78 is 0. The van der Waals surface area contributed by atoms with Gasteiger partial charge in [-0.05, 0) is 24.8 Å². The molecule has 0 aliphatic carbocycles. The van der Waals surface area contributed by atoms with Crippen LogP contribution in [0, 0.1) is 0 Å². The Balaban J connectivity index is 2.22. The first-order valence-electron chi connectivity index (χ1n) is 7.49. The van der Waals surface area contributed by atoms with E-state index in [1.807, 2.05) is 0 Å². The van der Waals surface area contributed by atoms with E-state index in [9.17, 15) is 4.79 Å². The van der Waals surface area contributed by atoms with Crippen LogP contribution < -0.4 is 0 Å². The molecule has 0 bridgehead atoms. The van der Waals surface area contributed by atoms with Gasteiger partial charge in [0.2, 0.25) is 0 Å². The molecule has 1 aromatic carbocycles. The molecule has 0 aromatic heterocycles. The third-order valence-electron chi connectivity index (χ3n) is 4.36. The van der Waals surface area contributed by atoms with Crippen LogP contribution in [0.15, 0.2) is 42.5 Å². The lowest BCUT2D eigenvalue weighted by molar-refractivity contribution is 0.473. The number of benzene rings is 1. The lowest BCUT2D eigenvalue weighted by Crippen LogP contribution is -2.33. The fraction of sp³-hybridized carbons (Fsp3) is 0.471. The molecule has 0 atom stereocenters. The van der Waals surface area contributed by atoms with Gasteiger partial charge in [0.05, 0.1) is 5.91 Å². The molecule has 1 saturated heterocycles. The van der Waals surface area contributed by atoms with E-state index in [4.69, 9.17) is 0 Å². The van der Waals surface area contributed by atoms with Crippen LogP contribution in [0.2, 0.25) is 12.1 Å². The minimum atomic E-state index is -1.07. The highest BCUT2D eigenvalue weighted by Crippen LogP contribution is 2.41. The summed E-state index contributed by atoms with van der Waals surface area (Å²) in [7, 11) is -1.07. The smallest absolute Gasteiger partial charge is 0.113 e. The summed E-state index contributed by atoms with van der Waals surface area (Å²) in [4.78, 5) is 11.0. The lowest BCUT2D eigenvalue weighted by atomic mass is 9.75. The molecule has 0 radical (unpaired) electrons. The van der Waals surface area contributed by atoms with Gasteiger partial charge >= 0.3 is 0 Å². The number of rotatable bonds is 5. The molecule has 0 spiro atoms. The average Bonchev–Trinajstić information content (AvgIpc) is 2.49. The molecule has 1 nitrogen and oxygen atoms in total. The molecule has 1 fully saturated rings. The van der Waals surface area contributed by atoms with Crippen molar-refractivity contribution in [3.05, 3.63) is 48.0 Å². The van der Waals surface area contributed by atoms with Gasteiger partial charge in [0.1, 0.15) is 8.80 Å². The zero-order valence-electron chi connectivity index (χ0n) is 11.8. The van der Waals surface area contributed by atoms with Crippen molar-refractivity contribution in [1.82, 2.24) is 0 Å². The van der Waals surface area contributed by atoms with E-state index in [0.717, 1.165) is 31.4 Å². The molecule has 1 aromatic rings. The van der Waals surface area contributed by atoms with Crippen molar-refractivity contribution < 1.29 is 4.79 Å². The number of unbranched alkanes of at least 4 members (excludes halogenated alkanes) is 1. The highest BCUT2D eigenvalue weighted by Gasteiger charge is 2.34. The molecule has 1 aliphatic rings. The predicted molar refractivity (Wildman–Crippen MR) is 84.9 cm³/mol. The molecule has 2 rings (SSSR count). The molecular weight excluding hydrogens is 248 g/mol. The Morgan fingerprint density at radius 2 is 1.89 bits per heavy atom. The summed E-state index contributed by atoms with van der Waals surface area (Å²) in [5.74, 6) is 1.28. The Kier molecular flexibility index (Phi) is 5.14. The molecular formula is C17H24OSi. The van der Waals surface area contributed by atoms with E-state index in [2.05, 4.69) is 49.4 Å². The van der Waals surface area contributed by atoms with Crippen LogP contribution in [0.5, 0.6) is 0 Å². The van der Waals surface area contributed by atoms with Gasteiger partial charge in [-0.1, -0.05) is 67.9 Å². The normalized spacial score (nSPS) is 27.5. The molecule has 2 heteroatoms. The van der Waals surface area contributed by atoms with Gasteiger partial charge in [0.15, 0.2) is 0 Å². The van der Waals surface area contributed by atoms with Crippen LogP contribution in [0.3, 0.4) is 0 Å².